The quantitative estimate of drug-likeness (QED) is 0.106. The van der Waals surface area contributed by atoms with Crippen LogP contribution in [-0.2, 0) is 13.0 Å². The molecule has 2 heterocycles. The Morgan fingerprint density at radius 1 is 0.852 bits per heavy atom. The summed E-state index contributed by atoms with van der Waals surface area (Å²) >= 11 is 0. The molecule has 11 nitrogen and oxygen atoms in total. The molecule has 0 saturated carbocycles. The van der Waals surface area contributed by atoms with Gasteiger partial charge in [-0.25, -0.2) is 9.48 Å². The fraction of sp³-hybridized carbons (Fsp3) is 0.302. The summed E-state index contributed by atoms with van der Waals surface area (Å²) in [6.07, 6.45) is 4.23. The number of hydrogen-bond donors (Lipinski definition) is 3. The zero-order valence-electron chi connectivity index (χ0n) is 31.1. The fourth-order valence-corrected chi connectivity index (χ4v) is 6.67. The van der Waals surface area contributed by atoms with E-state index in [2.05, 4.69) is 24.5 Å². The molecule has 280 valence electrons. The third-order valence-corrected chi connectivity index (χ3v) is 9.60. The van der Waals surface area contributed by atoms with Crippen LogP contribution in [0.1, 0.15) is 77.2 Å². The Labute approximate surface area is 316 Å². The van der Waals surface area contributed by atoms with Gasteiger partial charge < -0.3 is 30.3 Å². The first-order valence-corrected chi connectivity index (χ1v) is 18.7. The molecule has 3 N–H and O–H groups in total. The van der Waals surface area contributed by atoms with E-state index in [9.17, 15) is 19.5 Å². The number of amides is 4. The zero-order valence-corrected chi connectivity index (χ0v) is 31.1. The van der Waals surface area contributed by atoms with Crippen LogP contribution in [0.4, 0.5) is 16.2 Å². The van der Waals surface area contributed by atoms with Gasteiger partial charge in [0.2, 0.25) is 0 Å². The summed E-state index contributed by atoms with van der Waals surface area (Å²) in [5.41, 5.74) is 4.61. The van der Waals surface area contributed by atoms with Gasteiger partial charge in [-0.3, -0.25) is 9.59 Å². The molecule has 0 bridgehead atoms. The van der Waals surface area contributed by atoms with Crippen molar-refractivity contribution in [3.63, 3.8) is 0 Å². The first kappa shape index (κ1) is 37.8. The highest BCUT2D eigenvalue weighted by Gasteiger charge is 2.32. The van der Waals surface area contributed by atoms with E-state index in [0.717, 1.165) is 36.8 Å². The summed E-state index contributed by atoms with van der Waals surface area (Å²) in [6, 6.07) is 30.1. The van der Waals surface area contributed by atoms with Crippen LogP contribution in [0.2, 0.25) is 0 Å². The average molecular weight is 729 g/mol. The Morgan fingerprint density at radius 2 is 1.54 bits per heavy atom. The minimum atomic E-state index is -0.534. The van der Waals surface area contributed by atoms with Crippen molar-refractivity contribution in [3.05, 3.63) is 131 Å². The molecule has 0 aliphatic carbocycles. The molecule has 5 aromatic rings. The van der Waals surface area contributed by atoms with Gasteiger partial charge in [-0.15, -0.1) is 0 Å². The van der Waals surface area contributed by atoms with E-state index in [1.54, 1.807) is 52.0 Å². The van der Waals surface area contributed by atoms with Crippen LogP contribution >= 0.6 is 0 Å². The number of anilines is 2. The molecule has 0 saturated heterocycles. The minimum Gasteiger partial charge on any atom is -0.455 e. The van der Waals surface area contributed by atoms with Crippen LogP contribution in [0.3, 0.4) is 0 Å². The second-order valence-corrected chi connectivity index (χ2v) is 13.5. The maximum atomic E-state index is 14.7. The summed E-state index contributed by atoms with van der Waals surface area (Å²) in [5.74, 6) is 0.611. The van der Waals surface area contributed by atoms with E-state index in [0.29, 0.717) is 66.0 Å². The van der Waals surface area contributed by atoms with Crippen LogP contribution < -0.4 is 15.4 Å². The molecule has 54 heavy (non-hydrogen) atoms. The van der Waals surface area contributed by atoms with Crippen LogP contribution in [0, 0.1) is 6.92 Å². The highest BCUT2D eigenvalue weighted by molar-refractivity contribution is 6.03. The Morgan fingerprint density at radius 3 is 2.26 bits per heavy atom. The second-order valence-electron chi connectivity index (χ2n) is 13.5. The van der Waals surface area contributed by atoms with Crippen molar-refractivity contribution >= 4 is 29.2 Å². The molecular formula is C43H48N6O5. The van der Waals surface area contributed by atoms with Gasteiger partial charge in [0.05, 0.1) is 29.6 Å². The molecule has 6 rings (SSSR count). The summed E-state index contributed by atoms with van der Waals surface area (Å²) < 4.78 is 7.64. The number of fused-ring (bicyclic) bond motifs is 1. The standard InChI is InChI=1S/C43H48N6O5/c1-4-6-23-47(24-7-5-2)42(52)38-25-30(3)49(46-38)39-22-21-33(27-36(39)41(51)48-28-32-16-12-11-15-31(32)26-34(48)29-50)44-43(53)45-37-19-13-14-20-40(37)54-35-17-9-8-10-18-35/h8-22,25,27,34,50H,4-7,23-24,26,28-29H2,1-3H3,(H2,44,45,53). The third kappa shape index (κ3) is 8.80. The number of aromatic nitrogens is 2. The first-order valence-electron chi connectivity index (χ1n) is 18.7. The number of carbonyl (C=O) groups is 3. The summed E-state index contributed by atoms with van der Waals surface area (Å²) in [4.78, 5) is 45.4. The van der Waals surface area contributed by atoms with Gasteiger partial charge in [-0.1, -0.05) is 81.3 Å². The van der Waals surface area contributed by atoms with Crippen LogP contribution in [-0.4, -0.2) is 68.3 Å². The molecule has 1 aliphatic heterocycles. The number of benzene rings is 4. The molecule has 1 aromatic heterocycles. The Bertz CT molecular complexity index is 2070. The van der Waals surface area contributed by atoms with Crippen molar-refractivity contribution in [3.8, 4) is 17.2 Å². The van der Waals surface area contributed by atoms with Crippen molar-refractivity contribution < 1.29 is 24.2 Å². The van der Waals surface area contributed by atoms with Crippen molar-refractivity contribution in [2.24, 2.45) is 0 Å². The zero-order chi connectivity index (χ0) is 38.0. The van der Waals surface area contributed by atoms with Crippen LogP contribution in [0.15, 0.2) is 103 Å². The molecule has 11 heteroatoms. The normalized spacial score (nSPS) is 13.6. The molecule has 1 atom stereocenters. The second kappa shape index (κ2) is 17.7. The number of aryl methyl sites for hydroxylation is 1. The number of nitrogens with zero attached hydrogens (tertiary/aromatic N) is 4. The van der Waals surface area contributed by atoms with Crippen LogP contribution in [0.25, 0.3) is 5.69 Å². The number of aliphatic hydroxyl groups excluding tert-OH is 1. The molecule has 4 amide bonds. The van der Waals surface area contributed by atoms with E-state index in [1.165, 1.54) is 0 Å². The van der Waals surface area contributed by atoms with Crippen LogP contribution in [0.5, 0.6) is 11.5 Å². The number of carbonyl (C=O) groups excluding carboxylic acids is 3. The predicted octanol–water partition coefficient (Wildman–Crippen LogP) is 8.22. The number of rotatable bonds is 14. The Hall–Kier alpha value is -5.94. The Balaban J connectivity index is 1.33. The van der Waals surface area contributed by atoms with Crippen molar-refractivity contribution in [2.45, 2.75) is 65.5 Å². The maximum absolute atomic E-state index is 14.7. The van der Waals surface area contributed by atoms with Crippen molar-refractivity contribution in [2.75, 3.05) is 30.3 Å². The smallest absolute Gasteiger partial charge is 0.323 e. The van der Waals surface area contributed by atoms with Gasteiger partial charge in [0.25, 0.3) is 11.8 Å². The summed E-state index contributed by atoms with van der Waals surface area (Å²) in [5, 5.41) is 21.0. The molecule has 1 aliphatic rings. The van der Waals surface area contributed by atoms with Gasteiger partial charge >= 0.3 is 6.03 Å². The Kier molecular flexibility index (Phi) is 12.4. The lowest BCUT2D eigenvalue weighted by atomic mass is 9.93. The SMILES string of the molecule is CCCCN(CCCC)C(=O)c1cc(C)n(-c2ccc(NC(=O)Nc3ccccc3Oc3ccccc3)cc2C(=O)N2Cc3ccccc3CC2CO)n1. The van der Waals surface area contributed by atoms with Crippen molar-refractivity contribution in [1.29, 1.82) is 0 Å². The highest BCUT2D eigenvalue weighted by atomic mass is 16.5. The fourth-order valence-electron chi connectivity index (χ4n) is 6.67. The first-order chi connectivity index (χ1) is 26.3. The van der Waals surface area contributed by atoms with Gasteiger partial charge in [0.15, 0.2) is 11.4 Å². The number of urea groups is 1. The van der Waals surface area contributed by atoms with E-state index >= 15 is 0 Å². The number of nitrogens with one attached hydrogen (secondary N) is 2. The lowest BCUT2D eigenvalue weighted by Crippen LogP contribution is -2.46. The predicted molar refractivity (Wildman–Crippen MR) is 211 cm³/mol. The highest BCUT2D eigenvalue weighted by Crippen LogP contribution is 2.31. The minimum absolute atomic E-state index is 0.147. The van der Waals surface area contributed by atoms with Crippen molar-refractivity contribution in [1.82, 2.24) is 19.6 Å². The van der Waals surface area contributed by atoms with Gasteiger partial charge in [0, 0.05) is 31.0 Å². The van der Waals surface area contributed by atoms with E-state index in [4.69, 9.17) is 9.84 Å². The monoisotopic (exact) mass is 728 g/mol. The number of para-hydroxylation sites is 3. The number of hydrogen-bond acceptors (Lipinski definition) is 6. The number of ether oxygens (including phenoxy) is 1. The van der Waals surface area contributed by atoms with Gasteiger partial charge in [0.1, 0.15) is 5.75 Å². The van der Waals surface area contributed by atoms with E-state index < -0.39 is 12.1 Å². The van der Waals surface area contributed by atoms with Gasteiger partial charge in [-0.2, -0.15) is 5.10 Å². The lowest BCUT2D eigenvalue weighted by molar-refractivity contribution is 0.0544. The van der Waals surface area contributed by atoms with Gasteiger partial charge in [-0.05, 0) is 85.8 Å². The molecule has 0 fully saturated rings. The van der Waals surface area contributed by atoms with E-state index in [-0.39, 0.29) is 24.0 Å². The maximum Gasteiger partial charge on any atom is 0.323 e. The molecule has 0 spiro atoms. The summed E-state index contributed by atoms with van der Waals surface area (Å²) in [6.45, 7) is 7.44. The molecule has 1 unspecified atom stereocenters. The number of unbranched alkanes of at least 4 members (excludes halogenated alkanes) is 2. The molecular weight excluding hydrogens is 681 g/mol. The lowest BCUT2D eigenvalue weighted by Gasteiger charge is -2.36. The summed E-state index contributed by atoms with van der Waals surface area (Å²) in [7, 11) is 0. The largest absolute Gasteiger partial charge is 0.455 e. The molecule has 0 radical (unpaired) electrons. The average Bonchev–Trinajstić information content (AvgIpc) is 3.59. The third-order valence-electron chi connectivity index (χ3n) is 9.60. The molecule has 4 aromatic carbocycles. The topological polar surface area (TPSA) is 129 Å². The van der Waals surface area contributed by atoms with E-state index in [1.807, 2.05) is 72.5 Å². The number of aliphatic hydroxyl groups is 1.